The minimum absolute atomic E-state index is 0.0259. The van der Waals surface area contributed by atoms with Gasteiger partial charge in [0.15, 0.2) is 0 Å². The Kier molecular flexibility index (Phi) is 5.10. The van der Waals surface area contributed by atoms with Crippen LogP contribution < -0.4 is 5.32 Å². The van der Waals surface area contributed by atoms with Gasteiger partial charge in [-0.15, -0.1) is 0 Å². The molecule has 1 aromatic heterocycles. The third kappa shape index (κ3) is 3.53. The fourth-order valence-electron chi connectivity index (χ4n) is 1.53. The molecule has 17 heavy (non-hydrogen) atoms. The van der Waals surface area contributed by atoms with Crippen molar-refractivity contribution in [2.24, 2.45) is 11.8 Å². The number of nitrogens with one attached hydrogen (secondary N) is 1. The summed E-state index contributed by atoms with van der Waals surface area (Å²) in [5.41, 5.74) is 1.28. The van der Waals surface area contributed by atoms with Crippen molar-refractivity contribution in [3.63, 3.8) is 0 Å². The Morgan fingerprint density at radius 2 is 2.24 bits per heavy atom. The van der Waals surface area contributed by atoms with Gasteiger partial charge in [0, 0.05) is 17.7 Å². The summed E-state index contributed by atoms with van der Waals surface area (Å²) in [5.74, 6) is 0.262. The summed E-state index contributed by atoms with van der Waals surface area (Å²) in [6, 6.07) is 1.70. The second-order valence-electron chi connectivity index (χ2n) is 4.35. The lowest BCUT2D eigenvalue weighted by Crippen LogP contribution is -2.26. The Bertz CT molecular complexity index is 379. The van der Waals surface area contributed by atoms with Crippen molar-refractivity contribution in [3.05, 3.63) is 24.0 Å². The van der Waals surface area contributed by atoms with E-state index in [0.717, 1.165) is 6.42 Å². The highest BCUT2D eigenvalue weighted by atomic mass is 16.3. The lowest BCUT2D eigenvalue weighted by atomic mass is 9.93. The van der Waals surface area contributed by atoms with E-state index in [1.165, 1.54) is 0 Å². The number of carbonyl (C=O) groups excluding carboxylic acids is 1. The van der Waals surface area contributed by atoms with Crippen LogP contribution in [0.25, 0.3) is 0 Å². The predicted molar refractivity (Wildman–Crippen MR) is 67.4 cm³/mol. The van der Waals surface area contributed by atoms with Gasteiger partial charge in [-0.3, -0.25) is 9.78 Å². The summed E-state index contributed by atoms with van der Waals surface area (Å²) in [7, 11) is 0. The van der Waals surface area contributed by atoms with Gasteiger partial charge in [-0.2, -0.15) is 0 Å². The highest BCUT2D eigenvalue weighted by Crippen LogP contribution is 2.19. The first-order valence-corrected chi connectivity index (χ1v) is 5.94. The van der Waals surface area contributed by atoms with Gasteiger partial charge < -0.3 is 10.4 Å². The standard InChI is InChI=1S/C13H20N2O2/c1-4-9(2)10(3)13(17)15-12-7-14-6-5-11(12)8-16/h5-7,9-10,16H,4,8H2,1-3H3,(H,15,17)/t9-,10+/m0/s1. The quantitative estimate of drug-likeness (QED) is 0.823. The second kappa shape index (κ2) is 6.35. The van der Waals surface area contributed by atoms with Gasteiger partial charge in [0.25, 0.3) is 0 Å². The maximum Gasteiger partial charge on any atom is 0.227 e. The van der Waals surface area contributed by atoms with Crippen LogP contribution in [0.3, 0.4) is 0 Å². The molecule has 0 bridgehead atoms. The third-order valence-corrected chi connectivity index (χ3v) is 3.25. The zero-order chi connectivity index (χ0) is 12.8. The fraction of sp³-hybridized carbons (Fsp3) is 0.538. The second-order valence-corrected chi connectivity index (χ2v) is 4.35. The Balaban J connectivity index is 2.74. The molecule has 0 saturated heterocycles. The van der Waals surface area contributed by atoms with Crippen LogP contribution in [-0.4, -0.2) is 16.0 Å². The summed E-state index contributed by atoms with van der Waals surface area (Å²) in [6.07, 6.45) is 4.13. The Morgan fingerprint density at radius 3 is 2.82 bits per heavy atom. The van der Waals surface area contributed by atoms with E-state index in [1.807, 2.05) is 6.92 Å². The molecule has 4 nitrogen and oxygen atoms in total. The molecular formula is C13H20N2O2. The zero-order valence-corrected chi connectivity index (χ0v) is 10.6. The van der Waals surface area contributed by atoms with Crippen LogP contribution in [0.15, 0.2) is 18.5 Å². The molecule has 0 aliphatic rings. The Hall–Kier alpha value is -1.42. The van der Waals surface area contributed by atoms with Gasteiger partial charge in [0.2, 0.25) is 5.91 Å². The molecule has 1 rings (SSSR count). The highest BCUT2D eigenvalue weighted by Gasteiger charge is 2.19. The lowest BCUT2D eigenvalue weighted by Gasteiger charge is -2.18. The molecule has 0 unspecified atom stereocenters. The number of aliphatic hydroxyl groups excluding tert-OH is 1. The van der Waals surface area contributed by atoms with Crippen molar-refractivity contribution in [2.75, 3.05) is 5.32 Å². The monoisotopic (exact) mass is 236 g/mol. The van der Waals surface area contributed by atoms with Crippen LogP contribution in [0.4, 0.5) is 5.69 Å². The van der Waals surface area contributed by atoms with Gasteiger partial charge in [-0.05, 0) is 12.0 Å². The van der Waals surface area contributed by atoms with E-state index in [-0.39, 0.29) is 18.4 Å². The van der Waals surface area contributed by atoms with E-state index in [9.17, 15) is 4.79 Å². The van der Waals surface area contributed by atoms with Crippen molar-refractivity contribution in [1.82, 2.24) is 4.98 Å². The summed E-state index contributed by atoms with van der Waals surface area (Å²) >= 11 is 0. The number of anilines is 1. The van der Waals surface area contributed by atoms with Crippen LogP contribution in [0.2, 0.25) is 0 Å². The highest BCUT2D eigenvalue weighted by molar-refractivity contribution is 5.93. The summed E-state index contributed by atoms with van der Waals surface area (Å²) < 4.78 is 0. The molecule has 2 N–H and O–H groups in total. The van der Waals surface area contributed by atoms with Crippen LogP contribution >= 0.6 is 0 Å². The maximum absolute atomic E-state index is 12.0. The van der Waals surface area contributed by atoms with E-state index in [4.69, 9.17) is 5.11 Å². The Labute approximate surface area is 102 Å². The number of carbonyl (C=O) groups is 1. The van der Waals surface area contributed by atoms with E-state index in [0.29, 0.717) is 17.2 Å². The lowest BCUT2D eigenvalue weighted by molar-refractivity contribution is -0.120. The molecule has 0 aromatic carbocycles. The number of rotatable bonds is 5. The van der Waals surface area contributed by atoms with Crippen LogP contribution in [0.5, 0.6) is 0 Å². The number of amides is 1. The molecule has 0 aliphatic carbocycles. The SMILES string of the molecule is CC[C@H](C)[C@@H](C)C(=O)Nc1cnccc1CO. The number of nitrogens with zero attached hydrogens (tertiary/aromatic N) is 1. The van der Waals surface area contributed by atoms with Gasteiger partial charge in [0.05, 0.1) is 18.5 Å². The molecule has 0 aliphatic heterocycles. The minimum Gasteiger partial charge on any atom is -0.392 e. The molecule has 4 heteroatoms. The molecule has 2 atom stereocenters. The van der Waals surface area contributed by atoms with Crippen molar-refractivity contribution < 1.29 is 9.90 Å². The summed E-state index contributed by atoms with van der Waals surface area (Å²) in [5, 5.41) is 12.0. The first-order valence-electron chi connectivity index (χ1n) is 5.94. The number of hydrogen-bond acceptors (Lipinski definition) is 3. The van der Waals surface area contributed by atoms with Crippen LogP contribution in [0, 0.1) is 11.8 Å². The van der Waals surface area contributed by atoms with Gasteiger partial charge >= 0.3 is 0 Å². The molecule has 94 valence electrons. The number of pyridine rings is 1. The smallest absolute Gasteiger partial charge is 0.227 e. The molecule has 0 fully saturated rings. The first kappa shape index (κ1) is 13.6. The van der Waals surface area contributed by atoms with Gasteiger partial charge in [-0.1, -0.05) is 27.2 Å². The van der Waals surface area contributed by atoms with E-state index in [2.05, 4.69) is 24.1 Å². The van der Waals surface area contributed by atoms with Crippen LogP contribution in [0.1, 0.15) is 32.8 Å². The van der Waals surface area contributed by atoms with E-state index in [1.54, 1.807) is 18.5 Å². The number of hydrogen-bond donors (Lipinski definition) is 2. The van der Waals surface area contributed by atoms with Gasteiger partial charge in [0.1, 0.15) is 0 Å². The van der Waals surface area contributed by atoms with Crippen molar-refractivity contribution in [2.45, 2.75) is 33.8 Å². The molecule has 0 radical (unpaired) electrons. The average Bonchev–Trinajstić information content (AvgIpc) is 2.37. The van der Waals surface area contributed by atoms with E-state index >= 15 is 0 Å². The summed E-state index contributed by atoms with van der Waals surface area (Å²) in [6.45, 7) is 5.94. The first-order chi connectivity index (χ1) is 8.10. The maximum atomic E-state index is 12.0. The van der Waals surface area contributed by atoms with Crippen molar-refractivity contribution >= 4 is 11.6 Å². The third-order valence-electron chi connectivity index (χ3n) is 3.25. The normalized spacial score (nSPS) is 14.1. The number of aliphatic hydroxyl groups is 1. The fourth-order valence-corrected chi connectivity index (χ4v) is 1.53. The topological polar surface area (TPSA) is 62.2 Å². The zero-order valence-electron chi connectivity index (χ0n) is 10.6. The average molecular weight is 236 g/mol. The minimum atomic E-state index is -0.101. The molecule has 0 saturated carbocycles. The molecule has 1 heterocycles. The molecule has 1 amide bonds. The van der Waals surface area contributed by atoms with Crippen LogP contribution in [-0.2, 0) is 11.4 Å². The van der Waals surface area contributed by atoms with E-state index < -0.39 is 0 Å². The molecule has 1 aromatic rings. The van der Waals surface area contributed by atoms with Crippen molar-refractivity contribution in [1.29, 1.82) is 0 Å². The summed E-state index contributed by atoms with van der Waals surface area (Å²) in [4.78, 5) is 15.9. The van der Waals surface area contributed by atoms with Gasteiger partial charge in [-0.25, -0.2) is 0 Å². The largest absolute Gasteiger partial charge is 0.392 e. The molecular weight excluding hydrogens is 216 g/mol. The predicted octanol–water partition coefficient (Wildman–Crippen LogP) is 2.19. The Morgan fingerprint density at radius 1 is 1.53 bits per heavy atom. The molecule has 0 spiro atoms. The van der Waals surface area contributed by atoms with Crippen molar-refractivity contribution in [3.8, 4) is 0 Å². The number of aromatic nitrogens is 1.